The number of amides is 1. The van der Waals surface area contributed by atoms with E-state index in [1.807, 2.05) is 48.5 Å². The maximum atomic E-state index is 13.3. The molecule has 1 aliphatic heterocycles. The Labute approximate surface area is 217 Å². The highest BCUT2D eigenvalue weighted by Gasteiger charge is 2.52. The maximum absolute atomic E-state index is 13.3. The van der Waals surface area contributed by atoms with Gasteiger partial charge in [0.1, 0.15) is 0 Å². The molecule has 5 rings (SSSR count). The molecule has 8 nitrogen and oxygen atoms in total. The van der Waals surface area contributed by atoms with Crippen LogP contribution < -0.4 is 5.32 Å². The van der Waals surface area contributed by atoms with Crippen LogP contribution in [0.15, 0.2) is 68.5 Å². The molecule has 4 N–H and O–H groups in total. The smallest absolute Gasteiger partial charge is 0.257 e. The molecule has 0 spiro atoms. The van der Waals surface area contributed by atoms with Gasteiger partial charge in [-0.1, -0.05) is 47.8 Å². The first-order chi connectivity index (χ1) is 17.0. The molecule has 0 radical (unpaired) electrons. The van der Waals surface area contributed by atoms with Crippen molar-refractivity contribution in [3.63, 3.8) is 0 Å². The summed E-state index contributed by atoms with van der Waals surface area (Å²) >= 11 is 5.69. The molecule has 2 aromatic carbocycles. The molecule has 4 aromatic rings. The number of para-hydroxylation sites is 2. The fraction of sp³-hybridized carbons (Fsp3) is 0.261. The van der Waals surface area contributed by atoms with Gasteiger partial charge in [-0.2, -0.15) is 0 Å². The van der Waals surface area contributed by atoms with Crippen molar-refractivity contribution in [1.82, 2.24) is 15.3 Å². The standard InChI is InChI=1S/C23H21N3O5S4/c27-10-9-24-20(30)23(12-33-22-26-15-6-2-4-8-17(15)35-22)13(18(28)19(29)31-23)11-32-21-25-14-5-1-3-7-16(14)34-21/h1-8,19,27-29H,9-12H2,(H,24,30). The van der Waals surface area contributed by atoms with Gasteiger partial charge in [0.25, 0.3) is 5.91 Å². The summed E-state index contributed by atoms with van der Waals surface area (Å²) in [6.07, 6.45) is -1.63. The molecule has 1 amide bonds. The largest absolute Gasteiger partial charge is 0.507 e. The highest BCUT2D eigenvalue weighted by molar-refractivity contribution is 8.01. The third kappa shape index (κ3) is 4.92. The van der Waals surface area contributed by atoms with Crippen LogP contribution in [-0.2, 0) is 9.53 Å². The lowest BCUT2D eigenvalue weighted by molar-refractivity contribution is -0.161. The topological polar surface area (TPSA) is 125 Å². The Kier molecular flexibility index (Phi) is 7.30. The molecule has 2 unspecified atom stereocenters. The van der Waals surface area contributed by atoms with E-state index < -0.39 is 17.8 Å². The second kappa shape index (κ2) is 10.4. The summed E-state index contributed by atoms with van der Waals surface area (Å²) in [5, 5.41) is 33.0. The highest BCUT2D eigenvalue weighted by atomic mass is 32.2. The molecule has 12 heteroatoms. The Morgan fingerprint density at radius 2 is 1.63 bits per heavy atom. The summed E-state index contributed by atoms with van der Waals surface area (Å²) in [6, 6.07) is 15.5. The number of nitrogens with one attached hydrogen (secondary N) is 1. The van der Waals surface area contributed by atoms with Crippen molar-refractivity contribution < 1.29 is 24.9 Å². The fourth-order valence-electron chi connectivity index (χ4n) is 3.68. The van der Waals surface area contributed by atoms with Gasteiger partial charge in [0.2, 0.25) is 6.29 Å². The Hall–Kier alpha value is -2.19. The first-order valence-corrected chi connectivity index (χ1v) is 14.2. The number of aliphatic hydroxyl groups excluding tert-OH is 3. The van der Waals surface area contributed by atoms with E-state index in [-0.39, 0.29) is 36.0 Å². The van der Waals surface area contributed by atoms with Gasteiger partial charge >= 0.3 is 0 Å². The number of carbonyl (C=O) groups excluding carboxylic acids is 1. The van der Waals surface area contributed by atoms with Gasteiger partial charge in [-0.05, 0) is 24.3 Å². The molecule has 35 heavy (non-hydrogen) atoms. The quantitative estimate of drug-likeness (QED) is 0.232. The lowest BCUT2D eigenvalue weighted by Gasteiger charge is -2.29. The second-order valence-corrected chi connectivity index (χ2v) is 12.1. The molecule has 0 fully saturated rings. The van der Waals surface area contributed by atoms with Crippen molar-refractivity contribution in [3.05, 3.63) is 59.9 Å². The summed E-state index contributed by atoms with van der Waals surface area (Å²) < 4.78 is 9.31. The van der Waals surface area contributed by atoms with E-state index in [4.69, 9.17) is 4.74 Å². The number of benzene rings is 2. The van der Waals surface area contributed by atoms with Crippen LogP contribution in [0.4, 0.5) is 0 Å². The summed E-state index contributed by atoms with van der Waals surface area (Å²) in [6.45, 7) is -0.230. The Morgan fingerprint density at radius 3 is 2.23 bits per heavy atom. The van der Waals surface area contributed by atoms with Crippen LogP contribution >= 0.6 is 46.2 Å². The second-order valence-electron chi connectivity index (χ2n) is 7.61. The molecule has 182 valence electrons. The predicted octanol–water partition coefficient (Wildman–Crippen LogP) is 3.80. The SMILES string of the molecule is O=C(NCCO)C1(CSc2nc3ccccc3s2)OC(O)C(O)=C1CSc1nc2ccccc2s1. The van der Waals surface area contributed by atoms with Crippen molar-refractivity contribution in [2.24, 2.45) is 0 Å². The van der Waals surface area contributed by atoms with Crippen LogP contribution in [0.1, 0.15) is 0 Å². The number of thioether (sulfide) groups is 2. The number of fused-ring (bicyclic) bond motifs is 2. The molecular weight excluding hydrogens is 527 g/mol. The van der Waals surface area contributed by atoms with Crippen LogP contribution in [0.3, 0.4) is 0 Å². The van der Waals surface area contributed by atoms with Crippen molar-refractivity contribution in [3.8, 4) is 0 Å². The van der Waals surface area contributed by atoms with Crippen LogP contribution in [0, 0.1) is 0 Å². The van der Waals surface area contributed by atoms with Crippen LogP contribution in [0.2, 0.25) is 0 Å². The van der Waals surface area contributed by atoms with Gasteiger partial charge in [0, 0.05) is 23.6 Å². The van der Waals surface area contributed by atoms with Crippen LogP contribution in [-0.4, -0.2) is 67.7 Å². The Balaban J connectivity index is 1.42. The summed E-state index contributed by atoms with van der Waals surface area (Å²) in [7, 11) is 0. The van der Waals surface area contributed by atoms with Crippen molar-refractivity contribution in [1.29, 1.82) is 0 Å². The van der Waals surface area contributed by atoms with Crippen LogP contribution in [0.5, 0.6) is 0 Å². The van der Waals surface area contributed by atoms with Gasteiger partial charge in [-0.25, -0.2) is 9.97 Å². The molecule has 0 bridgehead atoms. The number of ether oxygens (including phenoxy) is 1. The summed E-state index contributed by atoms with van der Waals surface area (Å²) in [5.41, 5.74) is 0.374. The number of thiazole rings is 2. The Bertz CT molecular complexity index is 1340. The van der Waals surface area contributed by atoms with E-state index in [0.717, 1.165) is 29.1 Å². The van der Waals surface area contributed by atoms with Crippen molar-refractivity contribution in [2.45, 2.75) is 20.6 Å². The van der Waals surface area contributed by atoms with Gasteiger partial charge in [0.15, 0.2) is 20.0 Å². The molecular formula is C23H21N3O5S4. The first-order valence-electron chi connectivity index (χ1n) is 10.6. The maximum Gasteiger partial charge on any atom is 0.257 e. The number of nitrogens with zero attached hydrogens (tertiary/aromatic N) is 2. The zero-order chi connectivity index (χ0) is 24.4. The lowest BCUT2D eigenvalue weighted by atomic mass is 9.96. The van der Waals surface area contributed by atoms with Crippen LogP contribution in [0.25, 0.3) is 20.4 Å². The van der Waals surface area contributed by atoms with Crippen molar-refractivity contribution in [2.75, 3.05) is 24.7 Å². The Morgan fingerprint density at radius 1 is 1.03 bits per heavy atom. The van der Waals surface area contributed by atoms with Gasteiger partial charge in [0.05, 0.1) is 27.0 Å². The average molecular weight is 548 g/mol. The molecule has 0 saturated carbocycles. The van der Waals surface area contributed by atoms with Gasteiger partial charge in [-0.15, -0.1) is 22.7 Å². The lowest BCUT2D eigenvalue weighted by Crippen LogP contribution is -2.52. The van der Waals surface area contributed by atoms with E-state index in [1.165, 1.54) is 46.2 Å². The third-order valence-electron chi connectivity index (χ3n) is 5.39. The number of rotatable bonds is 9. The minimum Gasteiger partial charge on any atom is -0.507 e. The van der Waals surface area contributed by atoms with E-state index in [0.29, 0.717) is 0 Å². The zero-order valence-electron chi connectivity index (χ0n) is 18.2. The summed E-state index contributed by atoms with van der Waals surface area (Å²) in [5.74, 6) is -0.637. The van der Waals surface area contributed by atoms with E-state index in [1.54, 1.807) is 0 Å². The monoisotopic (exact) mass is 547 g/mol. The molecule has 2 aromatic heterocycles. The number of aromatic nitrogens is 2. The predicted molar refractivity (Wildman–Crippen MR) is 140 cm³/mol. The number of aliphatic hydroxyl groups is 3. The highest BCUT2D eigenvalue weighted by Crippen LogP contribution is 2.43. The van der Waals surface area contributed by atoms with Gasteiger partial charge in [-0.3, -0.25) is 4.79 Å². The van der Waals surface area contributed by atoms with E-state index >= 15 is 0 Å². The zero-order valence-corrected chi connectivity index (χ0v) is 21.5. The van der Waals surface area contributed by atoms with E-state index in [9.17, 15) is 20.1 Å². The van der Waals surface area contributed by atoms with E-state index in [2.05, 4.69) is 15.3 Å². The minimum atomic E-state index is -1.63. The number of carbonyl (C=O) groups is 1. The fourth-order valence-corrected chi connectivity index (χ4v) is 8.11. The molecule has 2 atom stereocenters. The average Bonchev–Trinajstić information content (AvgIpc) is 3.54. The molecule has 0 aliphatic carbocycles. The molecule has 1 aliphatic rings. The van der Waals surface area contributed by atoms with Crippen molar-refractivity contribution >= 4 is 72.5 Å². The third-order valence-corrected chi connectivity index (χ3v) is 9.92. The molecule has 3 heterocycles. The minimum absolute atomic E-state index is 0.0187. The van der Waals surface area contributed by atoms with Gasteiger partial charge < -0.3 is 25.4 Å². The molecule has 0 saturated heterocycles. The first kappa shape index (κ1) is 24.5. The number of hydrogen-bond donors (Lipinski definition) is 4. The number of hydrogen-bond acceptors (Lipinski definition) is 11. The normalized spacial score (nSPS) is 20.2. The summed E-state index contributed by atoms with van der Waals surface area (Å²) in [4.78, 5) is 22.5.